The maximum absolute atomic E-state index is 11.1. The summed E-state index contributed by atoms with van der Waals surface area (Å²) in [6.07, 6.45) is 1.98. The summed E-state index contributed by atoms with van der Waals surface area (Å²) in [6.45, 7) is 4.13. The van der Waals surface area contributed by atoms with E-state index >= 15 is 0 Å². The van der Waals surface area contributed by atoms with E-state index in [0.29, 0.717) is 17.9 Å². The monoisotopic (exact) mass is 275 g/mol. The van der Waals surface area contributed by atoms with Crippen LogP contribution < -0.4 is 4.90 Å². The van der Waals surface area contributed by atoms with Crippen LogP contribution in [-0.4, -0.2) is 30.7 Å². The molecule has 0 N–H and O–H groups in total. The zero-order valence-electron chi connectivity index (χ0n) is 11.4. The number of benzene rings is 1. The minimum Gasteiger partial charge on any atom is -0.378 e. The molecule has 1 aliphatic rings. The van der Waals surface area contributed by atoms with Gasteiger partial charge < -0.3 is 9.64 Å². The third-order valence-electron chi connectivity index (χ3n) is 3.49. The molecule has 1 heterocycles. The normalized spacial score (nSPS) is 15.9. The molecule has 0 bridgehead atoms. The van der Waals surface area contributed by atoms with E-state index in [-0.39, 0.29) is 11.8 Å². The fraction of sp³-hybridized carbons (Fsp3) is 0.500. The summed E-state index contributed by atoms with van der Waals surface area (Å²) in [5, 5.41) is 20.0. The zero-order valence-corrected chi connectivity index (χ0v) is 11.4. The number of rotatable bonds is 4. The predicted octanol–water partition coefficient (Wildman–Crippen LogP) is 2.47. The Kier molecular flexibility index (Phi) is 4.53. The van der Waals surface area contributed by atoms with Gasteiger partial charge in [0.2, 0.25) is 0 Å². The first-order valence-electron chi connectivity index (χ1n) is 6.70. The van der Waals surface area contributed by atoms with Crippen molar-refractivity contribution >= 4 is 11.4 Å². The van der Waals surface area contributed by atoms with Gasteiger partial charge >= 0.3 is 0 Å². The number of anilines is 1. The van der Waals surface area contributed by atoms with Gasteiger partial charge in [-0.25, -0.2) is 0 Å². The van der Waals surface area contributed by atoms with Crippen LogP contribution in [0.25, 0.3) is 0 Å². The Morgan fingerprint density at radius 1 is 1.50 bits per heavy atom. The molecular weight excluding hydrogens is 258 g/mol. The number of ether oxygens (including phenoxy) is 1. The number of hydrogen-bond donors (Lipinski definition) is 0. The second-order valence-electron chi connectivity index (χ2n) is 4.71. The molecule has 0 aromatic heterocycles. The Morgan fingerprint density at radius 2 is 2.20 bits per heavy atom. The lowest BCUT2D eigenvalue weighted by atomic mass is 10.1. The maximum Gasteiger partial charge on any atom is 0.293 e. The van der Waals surface area contributed by atoms with Crippen molar-refractivity contribution in [3.63, 3.8) is 0 Å². The van der Waals surface area contributed by atoms with Gasteiger partial charge in [0, 0.05) is 25.8 Å². The van der Waals surface area contributed by atoms with Gasteiger partial charge in [-0.3, -0.25) is 10.1 Å². The Balaban J connectivity index is 2.17. The van der Waals surface area contributed by atoms with Gasteiger partial charge in [-0.2, -0.15) is 5.26 Å². The fourth-order valence-corrected chi connectivity index (χ4v) is 2.51. The minimum atomic E-state index is -0.426. The number of nitro groups is 1. The van der Waals surface area contributed by atoms with Gasteiger partial charge in [0.25, 0.3) is 5.69 Å². The van der Waals surface area contributed by atoms with E-state index in [9.17, 15) is 10.1 Å². The molecular formula is C14H17N3O3. The van der Waals surface area contributed by atoms with Crippen molar-refractivity contribution in [1.29, 1.82) is 5.26 Å². The van der Waals surface area contributed by atoms with Crippen molar-refractivity contribution in [2.24, 2.45) is 0 Å². The molecule has 0 radical (unpaired) electrons. The van der Waals surface area contributed by atoms with E-state index in [0.717, 1.165) is 25.9 Å². The van der Waals surface area contributed by atoms with Gasteiger partial charge in [0.15, 0.2) is 0 Å². The zero-order chi connectivity index (χ0) is 14.5. The largest absolute Gasteiger partial charge is 0.378 e. The lowest BCUT2D eigenvalue weighted by molar-refractivity contribution is -0.384. The lowest BCUT2D eigenvalue weighted by Gasteiger charge is -2.33. The molecule has 1 aromatic carbocycles. The SMILES string of the molecule is CCOC1CCN(c2ccc(C#N)cc2[N+](=O)[O-])CC1. The summed E-state index contributed by atoms with van der Waals surface area (Å²) in [7, 11) is 0. The Hall–Kier alpha value is -2.13. The van der Waals surface area contributed by atoms with Gasteiger partial charge in [0.05, 0.1) is 22.7 Å². The molecule has 1 aromatic rings. The average molecular weight is 275 g/mol. The van der Waals surface area contributed by atoms with Crippen LogP contribution in [0.1, 0.15) is 25.3 Å². The molecule has 106 valence electrons. The standard InChI is InChI=1S/C14H17N3O3/c1-2-20-12-5-7-16(8-6-12)13-4-3-11(10-15)9-14(13)17(18)19/h3-4,9,12H,2,5-8H2,1H3. The van der Waals surface area contributed by atoms with E-state index < -0.39 is 4.92 Å². The highest BCUT2D eigenvalue weighted by molar-refractivity contribution is 5.65. The number of nitriles is 1. The van der Waals surface area contributed by atoms with Crippen LogP contribution in [0.5, 0.6) is 0 Å². The van der Waals surface area contributed by atoms with E-state index in [1.807, 2.05) is 17.9 Å². The Labute approximate surface area is 117 Å². The summed E-state index contributed by atoms with van der Waals surface area (Å²) >= 11 is 0. The summed E-state index contributed by atoms with van der Waals surface area (Å²) in [5.74, 6) is 0. The van der Waals surface area contributed by atoms with Crippen molar-refractivity contribution in [3.8, 4) is 6.07 Å². The number of piperidine rings is 1. The number of nitrogens with zero attached hydrogens (tertiary/aromatic N) is 3. The molecule has 6 heteroatoms. The summed E-state index contributed by atoms with van der Waals surface area (Å²) in [4.78, 5) is 12.7. The highest BCUT2D eigenvalue weighted by atomic mass is 16.6. The van der Waals surface area contributed by atoms with Crippen LogP contribution in [0.2, 0.25) is 0 Å². The molecule has 0 aliphatic carbocycles. The molecule has 0 spiro atoms. The van der Waals surface area contributed by atoms with E-state index in [4.69, 9.17) is 10.00 Å². The molecule has 2 rings (SSSR count). The minimum absolute atomic E-state index is 0.00101. The first kappa shape index (κ1) is 14.3. The molecule has 1 aliphatic heterocycles. The highest BCUT2D eigenvalue weighted by Crippen LogP contribution is 2.31. The smallest absolute Gasteiger partial charge is 0.293 e. The first-order valence-corrected chi connectivity index (χ1v) is 6.70. The van der Waals surface area contributed by atoms with Crippen molar-refractivity contribution in [3.05, 3.63) is 33.9 Å². The van der Waals surface area contributed by atoms with Crippen LogP contribution in [0, 0.1) is 21.4 Å². The molecule has 6 nitrogen and oxygen atoms in total. The van der Waals surface area contributed by atoms with Crippen molar-refractivity contribution in [2.45, 2.75) is 25.9 Å². The number of nitro benzene ring substituents is 1. The summed E-state index contributed by atoms with van der Waals surface area (Å²) in [5.41, 5.74) is 0.896. The van der Waals surface area contributed by atoms with Crippen molar-refractivity contribution < 1.29 is 9.66 Å². The van der Waals surface area contributed by atoms with Gasteiger partial charge in [-0.05, 0) is 31.9 Å². The van der Waals surface area contributed by atoms with Crippen LogP contribution in [-0.2, 0) is 4.74 Å². The average Bonchev–Trinajstić information content (AvgIpc) is 2.48. The third kappa shape index (κ3) is 3.06. The predicted molar refractivity (Wildman–Crippen MR) is 74.7 cm³/mol. The molecule has 1 saturated heterocycles. The van der Waals surface area contributed by atoms with Gasteiger partial charge in [0.1, 0.15) is 5.69 Å². The molecule has 0 atom stereocenters. The van der Waals surface area contributed by atoms with E-state index in [1.165, 1.54) is 6.07 Å². The lowest BCUT2D eigenvalue weighted by Crippen LogP contribution is -2.37. The quantitative estimate of drug-likeness (QED) is 0.623. The van der Waals surface area contributed by atoms with E-state index in [2.05, 4.69) is 0 Å². The molecule has 20 heavy (non-hydrogen) atoms. The molecule has 0 unspecified atom stereocenters. The Bertz CT molecular complexity index is 531. The van der Waals surface area contributed by atoms with Crippen LogP contribution in [0.15, 0.2) is 18.2 Å². The molecule has 1 fully saturated rings. The van der Waals surface area contributed by atoms with Crippen LogP contribution in [0.3, 0.4) is 0 Å². The fourth-order valence-electron chi connectivity index (χ4n) is 2.51. The van der Waals surface area contributed by atoms with Gasteiger partial charge in [-0.1, -0.05) is 0 Å². The van der Waals surface area contributed by atoms with Crippen LogP contribution in [0.4, 0.5) is 11.4 Å². The van der Waals surface area contributed by atoms with Crippen LogP contribution >= 0.6 is 0 Å². The summed E-state index contributed by atoms with van der Waals surface area (Å²) < 4.78 is 5.58. The highest BCUT2D eigenvalue weighted by Gasteiger charge is 2.25. The third-order valence-corrected chi connectivity index (χ3v) is 3.49. The molecule has 0 saturated carbocycles. The molecule has 0 amide bonds. The van der Waals surface area contributed by atoms with Crippen molar-refractivity contribution in [1.82, 2.24) is 0 Å². The second-order valence-corrected chi connectivity index (χ2v) is 4.71. The van der Waals surface area contributed by atoms with Crippen molar-refractivity contribution in [2.75, 3.05) is 24.6 Å². The summed E-state index contributed by atoms with van der Waals surface area (Å²) in [6, 6.07) is 6.56. The Morgan fingerprint density at radius 3 is 2.75 bits per heavy atom. The topological polar surface area (TPSA) is 79.4 Å². The first-order chi connectivity index (χ1) is 9.65. The van der Waals surface area contributed by atoms with E-state index in [1.54, 1.807) is 12.1 Å². The maximum atomic E-state index is 11.1. The van der Waals surface area contributed by atoms with Gasteiger partial charge in [-0.15, -0.1) is 0 Å². The second kappa shape index (κ2) is 6.35. The number of hydrogen-bond acceptors (Lipinski definition) is 5.